The molecule has 11 heavy (non-hydrogen) atoms. The normalized spacial score (nSPS) is 9.00. The van der Waals surface area contributed by atoms with Crippen LogP contribution in [0.15, 0.2) is 5.10 Å². The van der Waals surface area contributed by atoms with E-state index in [-0.39, 0.29) is 12.1 Å². The second-order valence-corrected chi connectivity index (χ2v) is 1.74. The molecule has 0 saturated heterocycles. The van der Waals surface area contributed by atoms with Crippen LogP contribution in [-0.4, -0.2) is 25.7 Å². The van der Waals surface area contributed by atoms with E-state index in [4.69, 9.17) is 5.26 Å². The molecule has 56 valence electrons. The van der Waals surface area contributed by atoms with Crippen molar-refractivity contribution in [1.82, 2.24) is 5.43 Å². The van der Waals surface area contributed by atoms with Crippen LogP contribution in [0.3, 0.4) is 0 Å². The zero-order valence-electron chi connectivity index (χ0n) is 6.00. The van der Waals surface area contributed by atoms with Crippen molar-refractivity contribution in [3.8, 4) is 6.07 Å². The van der Waals surface area contributed by atoms with Crippen molar-refractivity contribution in [2.75, 3.05) is 0 Å². The maximum atomic E-state index is 10.5. The van der Waals surface area contributed by atoms with Crippen molar-refractivity contribution in [3.05, 3.63) is 0 Å². The molecule has 1 amide bonds. The van der Waals surface area contributed by atoms with Gasteiger partial charge in [-0.05, 0) is 0 Å². The van der Waals surface area contributed by atoms with E-state index in [0.29, 0.717) is 0 Å². The number of hydrogen-bond donors (Lipinski definition) is 1. The summed E-state index contributed by atoms with van der Waals surface area (Å²) >= 11 is 0. The summed E-state index contributed by atoms with van der Waals surface area (Å²) < 4.78 is 0. The summed E-state index contributed by atoms with van der Waals surface area (Å²) in [6, 6.07) is 1.63. The quantitative estimate of drug-likeness (QED) is 0.292. The van der Waals surface area contributed by atoms with Crippen molar-refractivity contribution in [2.45, 2.75) is 6.42 Å². The number of rotatable bonds is 3. The number of hydrazone groups is 1. The van der Waals surface area contributed by atoms with Gasteiger partial charge in [0.1, 0.15) is 12.1 Å². The number of carbonyl (C=O) groups is 2. The second kappa shape index (κ2) is 5.17. The van der Waals surface area contributed by atoms with E-state index < -0.39 is 5.91 Å². The van der Waals surface area contributed by atoms with Gasteiger partial charge in [-0.2, -0.15) is 10.4 Å². The van der Waals surface area contributed by atoms with Gasteiger partial charge in [0.2, 0.25) is 0 Å². The van der Waals surface area contributed by atoms with Crippen LogP contribution in [0.25, 0.3) is 0 Å². The molecule has 6 heteroatoms. The summed E-state index contributed by atoms with van der Waals surface area (Å²) in [4.78, 5) is 20.7. The highest BCUT2D eigenvalue weighted by molar-refractivity contribution is 6.73. The molecule has 0 radical (unpaired) electrons. The fourth-order valence-corrected chi connectivity index (χ4v) is 0.307. The Bertz CT molecular complexity index is 230. The molecule has 0 bridgehead atoms. The number of hydrogen-bond acceptors (Lipinski definition) is 4. The maximum absolute atomic E-state index is 10.5. The van der Waals surface area contributed by atoms with E-state index in [0.717, 1.165) is 6.21 Å². The molecule has 0 rings (SSSR count). The number of nitrogens with zero attached hydrogens (tertiary/aromatic N) is 2. The fraction of sp³-hybridized carbons (Fsp3) is 0.200. The van der Waals surface area contributed by atoms with Crippen LogP contribution in [0.4, 0.5) is 0 Å². The smallest absolute Gasteiger partial charge is 0.254 e. The minimum Gasteiger partial charge on any atom is -0.306 e. The number of carbonyl (C=O) groups excluding carboxylic acids is 2. The van der Waals surface area contributed by atoms with Crippen LogP contribution in [0.1, 0.15) is 6.42 Å². The Kier molecular flexibility index (Phi) is 4.40. The topological polar surface area (TPSA) is 82.3 Å². The average molecular weight is 151 g/mol. The minimum atomic E-state index is -0.523. The lowest BCUT2D eigenvalue weighted by Crippen LogP contribution is -2.17. The van der Waals surface area contributed by atoms with Gasteiger partial charge in [0.05, 0.1) is 12.3 Å². The SMILES string of the molecule is BC(=O)/C=N/NC(=O)CC#N. The highest BCUT2D eigenvalue weighted by atomic mass is 16.2. The van der Waals surface area contributed by atoms with E-state index in [1.165, 1.54) is 7.85 Å². The standard InChI is InChI=1S/C5H6BN3O2/c6-4(10)3-8-9-5(11)1-2-7/h3H,1,6H2,(H,9,11)/b8-3+. The number of nitriles is 1. The fourth-order valence-electron chi connectivity index (χ4n) is 0.307. The molecular formula is C5H6BN3O2. The van der Waals surface area contributed by atoms with E-state index in [1.807, 2.05) is 5.43 Å². The molecule has 0 aliphatic heterocycles. The summed E-state index contributed by atoms with van der Waals surface area (Å²) in [6.07, 6.45) is 0.713. The van der Waals surface area contributed by atoms with Crippen LogP contribution in [-0.2, 0) is 9.59 Å². The molecule has 0 aliphatic rings. The molecule has 0 spiro atoms. The van der Waals surface area contributed by atoms with Crippen LogP contribution in [0, 0.1) is 11.3 Å². The van der Waals surface area contributed by atoms with E-state index >= 15 is 0 Å². The van der Waals surface area contributed by atoms with Crippen molar-refractivity contribution in [3.63, 3.8) is 0 Å². The monoisotopic (exact) mass is 151 g/mol. The molecule has 0 heterocycles. The third-order valence-electron chi connectivity index (χ3n) is 0.675. The lowest BCUT2D eigenvalue weighted by Gasteiger charge is -1.89. The average Bonchev–Trinajstić information content (AvgIpc) is 1.87. The first-order valence-electron chi connectivity index (χ1n) is 2.86. The molecule has 0 atom stereocenters. The predicted octanol–water partition coefficient (Wildman–Crippen LogP) is -1.84. The van der Waals surface area contributed by atoms with E-state index in [2.05, 4.69) is 5.10 Å². The summed E-state index contributed by atoms with van der Waals surface area (Å²) in [7, 11) is 1.31. The first-order chi connectivity index (χ1) is 5.16. The second-order valence-electron chi connectivity index (χ2n) is 1.74. The van der Waals surface area contributed by atoms with Gasteiger partial charge in [-0.15, -0.1) is 0 Å². The molecule has 0 unspecified atom stereocenters. The van der Waals surface area contributed by atoms with Crippen LogP contribution in [0.5, 0.6) is 0 Å². The van der Waals surface area contributed by atoms with Crippen molar-refractivity contribution in [1.29, 1.82) is 5.26 Å². The molecule has 0 aromatic heterocycles. The van der Waals surface area contributed by atoms with Crippen LogP contribution >= 0.6 is 0 Å². The molecule has 0 aromatic rings. The Morgan fingerprint density at radius 3 is 2.82 bits per heavy atom. The third kappa shape index (κ3) is 6.25. The Morgan fingerprint density at radius 2 is 2.36 bits per heavy atom. The zero-order valence-corrected chi connectivity index (χ0v) is 6.00. The highest BCUT2D eigenvalue weighted by Crippen LogP contribution is 1.73. The molecule has 1 N–H and O–H groups in total. The highest BCUT2D eigenvalue weighted by Gasteiger charge is 1.94. The van der Waals surface area contributed by atoms with Gasteiger partial charge in [-0.1, -0.05) is 0 Å². The largest absolute Gasteiger partial charge is 0.306 e. The molecule has 0 saturated carbocycles. The molecule has 0 aromatic carbocycles. The zero-order chi connectivity index (χ0) is 8.69. The summed E-state index contributed by atoms with van der Waals surface area (Å²) in [5, 5.41) is 11.3. The van der Waals surface area contributed by atoms with Gasteiger partial charge in [0.15, 0.2) is 7.85 Å². The lowest BCUT2D eigenvalue weighted by molar-refractivity contribution is -0.120. The molecule has 5 nitrogen and oxygen atoms in total. The lowest BCUT2D eigenvalue weighted by atomic mass is 10.1. The molecule has 0 fully saturated rings. The third-order valence-corrected chi connectivity index (χ3v) is 0.675. The Labute approximate surface area is 64.5 Å². The van der Waals surface area contributed by atoms with Gasteiger partial charge in [-0.3, -0.25) is 4.79 Å². The molecular weight excluding hydrogens is 145 g/mol. The minimum absolute atomic E-state index is 0.255. The maximum Gasteiger partial charge on any atom is 0.254 e. The van der Waals surface area contributed by atoms with Gasteiger partial charge in [-0.25, -0.2) is 5.43 Å². The first-order valence-corrected chi connectivity index (χ1v) is 2.86. The number of nitrogens with one attached hydrogen (secondary N) is 1. The molecule has 0 aliphatic carbocycles. The Balaban J connectivity index is 3.63. The van der Waals surface area contributed by atoms with E-state index in [1.54, 1.807) is 6.07 Å². The van der Waals surface area contributed by atoms with Gasteiger partial charge >= 0.3 is 0 Å². The summed E-state index contributed by atoms with van der Waals surface area (Å²) in [6.45, 7) is 0. The first kappa shape index (κ1) is 9.36. The Morgan fingerprint density at radius 1 is 1.73 bits per heavy atom. The van der Waals surface area contributed by atoms with Crippen molar-refractivity contribution < 1.29 is 9.59 Å². The Hall–Kier alpha value is -1.64. The van der Waals surface area contributed by atoms with Gasteiger partial charge in [0.25, 0.3) is 5.91 Å². The van der Waals surface area contributed by atoms with Crippen molar-refractivity contribution >= 4 is 25.7 Å². The number of amides is 1. The summed E-state index contributed by atoms with van der Waals surface area (Å²) in [5.74, 6) is -0.523. The van der Waals surface area contributed by atoms with Gasteiger partial charge in [0, 0.05) is 0 Å². The predicted molar refractivity (Wildman–Crippen MR) is 40.4 cm³/mol. The van der Waals surface area contributed by atoms with Crippen LogP contribution < -0.4 is 5.43 Å². The van der Waals surface area contributed by atoms with Crippen LogP contribution in [0.2, 0.25) is 0 Å². The summed E-state index contributed by atoms with van der Waals surface area (Å²) in [5.41, 5.74) is 1.74. The van der Waals surface area contributed by atoms with Gasteiger partial charge < -0.3 is 4.79 Å². The van der Waals surface area contributed by atoms with Crippen molar-refractivity contribution in [2.24, 2.45) is 5.10 Å². The van der Waals surface area contributed by atoms with E-state index in [9.17, 15) is 9.59 Å².